The second-order valence-corrected chi connectivity index (χ2v) is 4.18. The van der Waals surface area contributed by atoms with Crippen LogP contribution in [0.25, 0.3) is 0 Å². The van der Waals surface area contributed by atoms with Crippen molar-refractivity contribution in [2.75, 3.05) is 0 Å². The first kappa shape index (κ1) is 13.8. The first-order valence-electron chi connectivity index (χ1n) is 4.79. The number of hydrogen-bond donors (Lipinski definition) is 1. The number of nitrogens with zero attached hydrogens (tertiary/aromatic N) is 1. The largest absolute Gasteiger partial charge is 0.480 e. The number of carbonyl (C=O) groups excluding carboxylic acids is 1. The molecule has 86 valence electrons. The number of rotatable bonds is 5. The van der Waals surface area contributed by atoms with Gasteiger partial charge in [0, 0.05) is 0 Å². The second-order valence-electron chi connectivity index (χ2n) is 4.18. The van der Waals surface area contributed by atoms with Gasteiger partial charge in [0.2, 0.25) is 6.08 Å². The molecule has 0 amide bonds. The van der Waals surface area contributed by atoms with Crippen LogP contribution in [0.1, 0.15) is 34.1 Å². The molecule has 0 aliphatic heterocycles. The van der Waals surface area contributed by atoms with Gasteiger partial charge in [0.25, 0.3) is 0 Å². The maximum Gasteiger partial charge on any atom is 0.332 e. The van der Waals surface area contributed by atoms with Crippen LogP contribution < -0.4 is 0 Å². The van der Waals surface area contributed by atoms with Gasteiger partial charge in [0.05, 0.1) is 11.7 Å². The highest BCUT2D eigenvalue weighted by Gasteiger charge is 2.30. The number of ether oxygens (including phenoxy) is 1. The van der Waals surface area contributed by atoms with E-state index in [-0.39, 0.29) is 0 Å². The lowest BCUT2D eigenvalue weighted by Crippen LogP contribution is -2.39. The van der Waals surface area contributed by atoms with Gasteiger partial charge in [0.1, 0.15) is 0 Å². The van der Waals surface area contributed by atoms with Gasteiger partial charge in [-0.05, 0) is 27.2 Å². The Morgan fingerprint density at radius 1 is 1.53 bits per heavy atom. The number of isocyanates is 1. The van der Waals surface area contributed by atoms with Crippen LogP contribution in [0.15, 0.2) is 4.99 Å². The monoisotopic (exact) mass is 215 g/mol. The van der Waals surface area contributed by atoms with E-state index in [1.54, 1.807) is 6.92 Å². The average Bonchev–Trinajstić information content (AvgIpc) is 2.08. The minimum Gasteiger partial charge on any atom is -0.480 e. The van der Waals surface area contributed by atoms with E-state index in [1.807, 2.05) is 20.8 Å². The highest BCUT2D eigenvalue weighted by Crippen LogP contribution is 2.17. The van der Waals surface area contributed by atoms with Crippen LogP contribution in [0.5, 0.6) is 0 Å². The molecular weight excluding hydrogens is 198 g/mol. The summed E-state index contributed by atoms with van der Waals surface area (Å²) in [4.78, 5) is 24.2. The van der Waals surface area contributed by atoms with Crippen LogP contribution in [0.4, 0.5) is 0 Å². The van der Waals surface area contributed by atoms with E-state index in [2.05, 4.69) is 4.99 Å². The Bertz CT molecular complexity index is 261. The fourth-order valence-corrected chi connectivity index (χ4v) is 1.18. The van der Waals surface area contributed by atoms with Crippen molar-refractivity contribution in [2.45, 2.75) is 51.9 Å². The summed E-state index contributed by atoms with van der Waals surface area (Å²) >= 11 is 0. The quantitative estimate of drug-likeness (QED) is 0.555. The van der Waals surface area contributed by atoms with Gasteiger partial charge in [0.15, 0.2) is 6.04 Å². The molecule has 15 heavy (non-hydrogen) atoms. The number of carboxylic acids is 1. The third-order valence-electron chi connectivity index (χ3n) is 1.70. The number of aliphatic carboxylic acids is 1. The van der Waals surface area contributed by atoms with Crippen LogP contribution in [0.2, 0.25) is 0 Å². The van der Waals surface area contributed by atoms with Gasteiger partial charge in [-0.2, -0.15) is 4.99 Å². The zero-order valence-corrected chi connectivity index (χ0v) is 9.48. The molecule has 0 fully saturated rings. The number of carbonyl (C=O) groups is 1. The van der Waals surface area contributed by atoms with Crippen molar-refractivity contribution >= 4 is 12.0 Å². The summed E-state index contributed by atoms with van der Waals surface area (Å²) < 4.78 is 5.51. The number of carboxylic acid groups (broad SMARTS) is 1. The van der Waals surface area contributed by atoms with Crippen molar-refractivity contribution in [3.63, 3.8) is 0 Å². The van der Waals surface area contributed by atoms with Gasteiger partial charge in [-0.25, -0.2) is 9.59 Å². The normalized spacial score (nSPS) is 15.2. The van der Waals surface area contributed by atoms with Crippen molar-refractivity contribution < 1.29 is 19.4 Å². The summed E-state index contributed by atoms with van der Waals surface area (Å²) in [7, 11) is 0. The standard InChI is InChI=1S/C10H17NO4/c1-5-7(15-10(2,3)4)8(9(13)14)11-6-12/h7-8H,5H2,1-4H3,(H,13,14). The predicted octanol–water partition coefficient (Wildman–Crippen LogP) is 1.37. The molecule has 2 unspecified atom stereocenters. The zero-order chi connectivity index (χ0) is 12.1. The molecule has 0 aliphatic rings. The smallest absolute Gasteiger partial charge is 0.332 e. The fourth-order valence-electron chi connectivity index (χ4n) is 1.18. The first-order valence-corrected chi connectivity index (χ1v) is 4.79. The van der Waals surface area contributed by atoms with Crippen LogP contribution in [-0.4, -0.2) is 34.9 Å². The molecule has 2 atom stereocenters. The molecule has 0 saturated carbocycles. The van der Waals surface area contributed by atoms with Crippen molar-refractivity contribution in [2.24, 2.45) is 4.99 Å². The molecule has 0 heterocycles. The van der Waals surface area contributed by atoms with Crippen molar-refractivity contribution in [1.82, 2.24) is 0 Å². The van der Waals surface area contributed by atoms with E-state index < -0.39 is 23.7 Å². The van der Waals surface area contributed by atoms with Gasteiger partial charge >= 0.3 is 5.97 Å². The van der Waals surface area contributed by atoms with Gasteiger partial charge in [-0.3, -0.25) is 0 Å². The molecule has 1 N–H and O–H groups in total. The predicted molar refractivity (Wildman–Crippen MR) is 54.5 cm³/mol. The second kappa shape index (κ2) is 5.63. The van der Waals surface area contributed by atoms with E-state index in [0.717, 1.165) is 0 Å². The highest BCUT2D eigenvalue weighted by atomic mass is 16.5. The Labute approximate surface area is 89.1 Å². The Balaban J connectivity index is 4.75. The zero-order valence-electron chi connectivity index (χ0n) is 9.48. The SMILES string of the molecule is CCC(OC(C)(C)C)C(N=C=O)C(=O)O. The Hall–Kier alpha value is -1.19. The molecule has 5 heteroatoms. The van der Waals surface area contributed by atoms with E-state index in [4.69, 9.17) is 9.84 Å². The maximum absolute atomic E-state index is 10.8. The van der Waals surface area contributed by atoms with Gasteiger partial charge in [-0.1, -0.05) is 6.92 Å². The lowest BCUT2D eigenvalue weighted by atomic mass is 10.1. The summed E-state index contributed by atoms with van der Waals surface area (Å²) in [6, 6.07) is -1.17. The van der Waals surface area contributed by atoms with E-state index in [1.165, 1.54) is 6.08 Å². The number of aliphatic imine (C=N–C) groups is 1. The van der Waals surface area contributed by atoms with E-state index in [9.17, 15) is 9.59 Å². The summed E-state index contributed by atoms with van der Waals surface area (Å²) in [6.45, 7) is 7.24. The third-order valence-corrected chi connectivity index (χ3v) is 1.70. The first-order chi connectivity index (χ1) is 6.81. The maximum atomic E-state index is 10.8. The molecule has 0 radical (unpaired) electrons. The van der Waals surface area contributed by atoms with E-state index >= 15 is 0 Å². The molecule has 5 nitrogen and oxygen atoms in total. The van der Waals surface area contributed by atoms with Gasteiger partial charge < -0.3 is 9.84 Å². The summed E-state index contributed by atoms with van der Waals surface area (Å²) in [5.74, 6) is -1.17. The van der Waals surface area contributed by atoms with Crippen LogP contribution >= 0.6 is 0 Å². The molecule has 0 aliphatic carbocycles. The molecular formula is C10H17NO4. The number of hydrogen-bond acceptors (Lipinski definition) is 4. The Kier molecular flexibility index (Phi) is 5.19. The highest BCUT2D eigenvalue weighted by molar-refractivity contribution is 5.75. The summed E-state index contributed by atoms with van der Waals surface area (Å²) in [5.41, 5.74) is -0.465. The van der Waals surface area contributed by atoms with Crippen molar-refractivity contribution in [3.05, 3.63) is 0 Å². The van der Waals surface area contributed by atoms with E-state index in [0.29, 0.717) is 6.42 Å². The van der Waals surface area contributed by atoms with Crippen LogP contribution in [0.3, 0.4) is 0 Å². The lowest BCUT2D eigenvalue weighted by molar-refractivity contribution is -0.146. The Morgan fingerprint density at radius 3 is 2.33 bits per heavy atom. The minimum atomic E-state index is -1.17. The fraction of sp³-hybridized carbons (Fsp3) is 0.800. The molecule has 0 aromatic carbocycles. The molecule has 0 spiro atoms. The van der Waals surface area contributed by atoms with Crippen LogP contribution in [-0.2, 0) is 14.3 Å². The summed E-state index contributed by atoms with van der Waals surface area (Å²) in [5, 5.41) is 8.85. The average molecular weight is 215 g/mol. The molecule has 0 aromatic rings. The topological polar surface area (TPSA) is 76.0 Å². The molecule has 0 rings (SSSR count). The molecule has 0 saturated heterocycles. The van der Waals surface area contributed by atoms with Gasteiger partial charge in [-0.15, -0.1) is 0 Å². The molecule has 0 aromatic heterocycles. The van der Waals surface area contributed by atoms with Crippen molar-refractivity contribution in [1.29, 1.82) is 0 Å². The summed E-state index contributed by atoms with van der Waals surface area (Å²) in [6.07, 6.45) is 1.13. The minimum absolute atomic E-state index is 0.465. The third kappa shape index (κ3) is 5.30. The van der Waals surface area contributed by atoms with Crippen LogP contribution in [0, 0.1) is 0 Å². The van der Waals surface area contributed by atoms with Crippen molar-refractivity contribution in [3.8, 4) is 0 Å². The lowest BCUT2D eigenvalue weighted by Gasteiger charge is -2.28. The molecule has 0 bridgehead atoms. The Morgan fingerprint density at radius 2 is 2.07 bits per heavy atom.